The highest BCUT2D eigenvalue weighted by atomic mass is 35.5. The number of sulfonamides is 1. The van der Waals surface area contributed by atoms with Crippen LogP contribution in [0.2, 0.25) is 5.15 Å². The number of rotatable bonds is 0. The number of carbonyl (C=O) groups is 1. The second-order valence-electron chi connectivity index (χ2n) is 8.82. The van der Waals surface area contributed by atoms with Crippen LogP contribution in [0.5, 0.6) is 0 Å². The highest BCUT2D eigenvalue weighted by Gasteiger charge is 2.40. The molecule has 2 aliphatic rings. The Kier molecular flexibility index (Phi) is 5.59. The first kappa shape index (κ1) is 21.8. The maximum atomic E-state index is 13.1. The lowest BCUT2D eigenvalue weighted by molar-refractivity contribution is 0.0981. The van der Waals surface area contributed by atoms with E-state index in [1.165, 1.54) is 18.2 Å². The number of nitrogens with zero attached hydrogens (tertiary/aromatic N) is 3. The summed E-state index contributed by atoms with van der Waals surface area (Å²) in [5.41, 5.74) is 0.761. The quantitative estimate of drug-likeness (QED) is 0.577. The second-order valence-corrected chi connectivity index (χ2v) is 10.8. The third kappa shape index (κ3) is 4.34. The van der Waals surface area contributed by atoms with Gasteiger partial charge in [0.1, 0.15) is 16.8 Å². The van der Waals surface area contributed by atoms with Gasteiger partial charge in [-0.2, -0.15) is 8.42 Å². The lowest BCUT2D eigenvalue weighted by Crippen LogP contribution is -2.41. The van der Waals surface area contributed by atoms with Crippen LogP contribution in [0.4, 0.5) is 11.6 Å². The first-order valence-corrected chi connectivity index (χ1v) is 12.2. The molecule has 1 atom stereocenters. The number of pyridine rings is 2. The fourth-order valence-corrected chi connectivity index (χ4v) is 5.49. The van der Waals surface area contributed by atoms with Gasteiger partial charge in [-0.3, -0.25) is 4.79 Å². The molecule has 10 heteroatoms. The summed E-state index contributed by atoms with van der Waals surface area (Å²) in [6.45, 7) is 7.47. The number of nitrogens with one attached hydrogen (secondary N) is 2. The smallest absolute Gasteiger partial charge is 0.281 e. The summed E-state index contributed by atoms with van der Waals surface area (Å²) in [4.78, 5) is 23.8. The van der Waals surface area contributed by atoms with Crippen molar-refractivity contribution in [3.8, 4) is 0 Å². The van der Waals surface area contributed by atoms with Gasteiger partial charge in [-0.25, -0.2) is 14.7 Å². The van der Waals surface area contributed by atoms with E-state index in [1.54, 1.807) is 6.07 Å². The molecule has 4 heterocycles. The summed E-state index contributed by atoms with van der Waals surface area (Å²) in [6.07, 6.45) is 2.85. The third-order valence-electron chi connectivity index (χ3n) is 5.96. The number of carbonyl (C=O) groups excluding carboxylic acids is 1. The van der Waals surface area contributed by atoms with E-state index in [1.807, 2.05) is 6.92 Å². The van der Waals surface area contributed by atoms with E-state index in [0.29, 0.717) is 24.1 Å². The minimum absolute atomic E-state index is 0.169. The molecule has 166 valence electrons. The molecule has 2 aromatic rings. The average Bonchev–Trinajstić information content (AvgIpc) is 2.99. The molecule has 4 rings (SSSR count). The van der Waals surface area contributed by atoms with E-state index in [-0.39, 0.29) is 21.3 Å². The molecule has 1 amide bonds. The first-order chi connectivity index (χ1) is 14.6. The van der Waals surface area contributed by atoms with E-state index >= 15 is 0 Å². The number of fused-ring (bicyclic) bond motifs is 6. The van der Waals surface area contributed by atoms with Crippen molar-refractivity contribution in [2.45, 2.75) is 50.6 Å². The van der Waals surface area contributed by atoms with Crippen LogP contribution in [0.15, 0.2) is 29.3 Å². The molecule has 1 fully saturated rings. The SMILES string of the molecule is Cc1ccc2nc1NCCC[C@@H]1CN(c3nc(Cl)ccc3C(=O)NS2(=O)=O)C(C)(C)C1. The van der Waals surface area contributed by atoms with Crippen molar-refractivity contribution in [1.29, 1.82) is 0 Å². The van der Waals surface area contributed by atoms with E-state index in [2.05, 4.69) is 38.8 Å². The molecule has 2 N–H and O–H groups in total. The van der Waals surface area contributed by atoms with Crippen molar-refractivity contribution in [1.82, 2.24) is 14.7 Å². The number of amides is 1. The Labute approximate surface area is 187 Å². The van der Waals surface area contributed by atoms with Gasteiger partial charge in [0.05, 0.1) is 5.56 Å². The van der Waals surface area contributed by atoms with E-state index in [9.17, 15) is 13.2 Å². The zero-order chi connectivity index (χ0) is 22.4. The molecular formula is C21H26ClN5O3S. The van der Waals surface area contributed by atoms with Crippen LogP contribution in [0, 0.1) is 12.8 Å². The summed E-state index contributed by atoms with van der Waals surface area (Å²) in [6, 6.07) is 6.09. The Morgan fingerprint density at radius 3 is 2.74 bits per heavy atom. The van der Waals surface area contributed by atoms with Gasteiger partial charge < -0.3 is 10.2 Å². The van der Waals surface area contributed by atoms with Gasteiger partial charge >= 0.3 is 0 Å². The zero-order valence-corrected chi connectivity index (χ0v) is 19.3. The Morgan fingerprint density at radius 1 is 1.19 bits per heavy atom. The summed E-state index contributed by atoms with van der Waals surface area (Å²) in [7, 11) is -4.17. The predicted molar refractivity (Wildman–Crippen MR) is 120 cm³/mol. The van der Waals surface area contributed by atoms with Gasteiger partial charge in [-0.05, 0) is 69.7 Å². The lowest BCUT2D eigenvalue weighted by Gasteiger charge is -2.33. The Balaban J connectivity index is 1.81. The predicted octanol–water partition coefficient (Wildman–Crippen LogP) is 3.37. The van der Waals surface area contributed by atoms with Gasteiger partial charge in [0.15, 0.2) is 5.03 Å². The van der Waals surface area contributed by atoms with E-state index in [4.69, 9.17) is 11.6 Å². The van der Waals surface area contributed by atoms with Crippen molar-refractivity contribution >= 4 is 39.2 Å². The van der Waals surface area contributed by atoms with Crippen LogP contribution in [-0.2, 0) is 10.0 Å². The molecule has 0 spiro atoms. The summed E-state index contributed by atoms with van der Waals surface area (Å²) in [5.74, 6) is 0.568. The monoisotopic (exact) mass is 463 g/mol. The van der Waals surface area contributed by atoms with Crippen molar-refractivity contribution in [2.24, 2.45) is 5.92 Å². The molecule has 2 aliphatic heterocycles. The number of hydrogen-bond donors (Lipinski definition) is 2. The average molecular weight is 464 g/mol. The van der Waals surface area contributed by atoms with Crippen LogP contribution >= 0.6 is 11.6 Å². The topological polar surface area (TPSA) is 104 Å². The molecule has 0 radical (unpaired) electrons. The normalized spacial score (nSPS) is 22.5. The molecule has 2 aromatic heterocycles. The maximum absolute atomic E-state index is 13.1. The first-order valence-electron chi connectivity index (χ1n) is 10.3. The summed E-state index contributed by atoms with van der Waals surface area (Å²) < 4.78 is 28.0. The maximum Gasteiger partial charge on any atom is 0.281 e. The molecule has 0 unspecified atom stereocenters. The minimum atomic E-state index is -4.17. The fraction of sp³-hybridized carbons (Fsp3) is 0.476. The van der Waals surface area contributed by atoms with Crippen molar-refractivity contribution in [3.63, 3.8) is 0 Å². The Hall–Kier alpha value is -2.39. The molecule has 8 nitrogen and oxygen atoms in total. The Bertz CT molecular complexity index is 1140. The van der Waals surface area contributed by atoms with Gasteiger partial charge in [0.25, 0.3) is 15.9 Å². The molecular weight excluding hydrogens is 438 g/mol. The van der Waals surface area contributed by atoms with Crippen molar-refractivity contribution < 1.29 is 13.2 Å². The molecule has 1 saturated heterocycles. The number of halogens is 1. The summed E-state index contributed by atoms with van der Waals surface area (Å²) in [5, 5.41) is 3.28. The summed E-state index contributed by atoms with van der Waals surface area (Å²) >= 11 is 6.16. The minimum Gasteiger partial charge on any atom is -0.370 e. The van der Waals surface area contributed by atoms with Crippen molar-refractivity contribution in [2.75, 3.05) is 23.3 Å². The second kappa shape index (κ2) is 7.94. The van der Waals surface area contributed by atoms with Crippen LogP contribution < -0.4 is 14.9 Å². The fourth-order valence-electron chi connectivity index (χ4n) is 4.43. The molecule has 0 aromatic carbocycles. The molecule has 0 aliphatic carbocycles. The number of aryl methyl sites for hydroxylation is 1. The number of hydrogen-bond acceptors (Lipinski definition) is 7. The highest BCUT2D eigenvalue weighted by Crippen LogP contribution is 2.39. The largest absolute Gasteiger partial charge is 0.370 e. The van der Waals surface area contributed by atoms with Gasteiger partial charge in [0.2, 0.25) is 0 Å². The zero-order valence-electron chi connectivity index (χ0n) is 17.8. The Morgan fingerprint density at radius 2 is 1.97 bits per heavy atom. The third-order valence-corrected chi connectivity index (χ3v) is 7.40. The highest BCUT2D eigenvalue weighted by molar-refractivity contribution is 7.90. The van der Waals surface area contributed by atoms with Gasteiger partial charge in [-0.1, -0.05) is 17.7 Å². The molecule has 31 heavy (non-hydrogen) atoms. The van der Waals surface area contributed by atoms with Crippen LogP contribution in [0.3, 0.4) is 0 Å². The molecule has 0 saturated carbocycles. The number of anilines is 2. The van der Waals surface area contributed by atoms with Crippen LogP contribution in [0.1, 0.15) is 49.0 Å². The standard InChI is InChI=1S/C21H26ClN5O3S/c1-13-6-9-17-25-18(13)23-10-4-5-14-11-21(2,3)27(12-14)19-15(7-8-16(22)24-19)20(28)26-31(17,29)30/h6-9,14H,4-5,10-12H2,1-3H3,(H,23,25)(H,26,28)/t14-/m0/s1. The van der Waals surface area contributed by atoms with Crippen LogP contribution in [-0.4, -0.2) is 42.9 Å². The van der Waals surface area contributed by atoms with Crippen molar-refractivity contribution in [3.05, 3.63) is 40.5 Å². The lowest BCUT2D eigenvalue weighted by atomic mass is 9.93. The van der Waals surface area contributed by atoms with Gasteiger partial charge in [-0.15, -0.1) is 0 Å². The van der Waals surface area contributed by atoms with Gasteiger partial charge in [0, 0.05) is 18.6 Å². The number of aromatic nitrogens is 2. The molecule has 4 bridgehead atoms. The van der Waals surface area contributed by atoms with E-state index in [0.717, 1.165) is 31.4 Å². The van der Waals surface area contributed by atoms with Crippen LogP contribution in [0.25, 0.3) is 0 Å². The van der Waals surface area contributed by atoms with E-state index < -0.39 is 15.9 Å².